The minimum atomic E-state index is 0.0496. The third-order valence-electron chi connectivity index (χ3n) is 4.55. The van der Waals surface area contributed by atoms with Crippen molar-refractivity contribution >= 4 is 28.6 Å². The zero-order valence-corrected chi connectivity index (χ0v) is 15.6. The highest BCUT2D eigenvalue weighted by molar-refractivity contribution is 7.09. The molecule has 0 N–H and O–H groups in total. The highest BCUT2D eigenvalue weighted by Gasteiger charge is 2.27. The Hall–Kier alpha value is -2.06. The molecule has 0 aromatic carbocycles. The standard InChI is InChI=1S/C17H19N5OS2/c1-12-20-15(10-25-12)17(23)21-5-2-13(3-6-21)16-18-4-7-22(16)8-14-9-24-11-19-14/h4,7,9-11,13H,2-3,5-6,8H2,1H3. The number of aryl methyl sites for hydroxylation is 1. The molecule has 1 saturated heterocycles. The van der Waals surface area contributed by atoms with Crippen LogP contribution in [-0.4, -0.2) is 43.4 Å². The Kier molecular flexibility index (Phi) is 4.63. The normalized spacial score (nSPS) is 15.6. The summed E-state index contributed by atoms with van der Waals surface area (Å²) in [5.41, 5.74) is 3.50. The predicted octanol–water partition coefficient (Wildman–Crippen LogP) is 3.17. The van der Waals surface area contributed by atoms with Crippen LogP contribution in [0.1, 0.15) is 45.8 Å². The molecule has 6 nitrogen and oxygen atoms in total. The van der Waals surface area contributed by atoms with Crippen molar-refractivity contribution in [2.45, 2.75) is 32.2 Å². The van der Waals surface area contributed by atoms with Gasteiger partial charge in [0.05, 0.1) is 22.8 Å². The molecule has 25 heavy (non-hydrogen) atoms. The number of rotatable bonds is 4. The van der Waals surface area contributed by atoms with Crippen molar-refractivity contribution in [3.63, 3.8) is 0 Å². The smallest absolute Gasteiger partial charge is 0.273 e. The maximum absolute atomic E-state index is 12.5. The van der Waals surface area contributed by atoms with Gasteiger partial charge < -0.3 is 9.47 Å². The summed E-state index contributed by atoms with van der Waals surface area (Å²) in [4.78, 5) is 27.7. The summed E-state index contributed by atoms with van der Waals surface area (Å²) in [6.45, 7) is 4.19. The molecule has 0 aliphatic carbocycles. The number of piperidine rings is 1. The number of imidazole rings is 1. The van der Waals surface area contributed by atoms with Crippen molar-refractivity contribution < 1.29 is 4.79 Å². The molecule has 0 unspecified atom stereocenters. The summed E-state index contributed by atoms with van der Waals surface area (Å²) in [6, 6.07) is 0. The number of nitrogens with zero attached hydrogens (tertiary/aromatic N) is 5. The Morgan fingerprint density at radius 1 is 1.28 bits per heavy atom. The second kappa shape index (κ2) is 7.05. The summed E-state index contributed by atoms with van der Waals surface area (Å²) in [5, 5.41) is 4.85. The lowest BCUT2D eigenvalue weighted by atomic mass is 9.95. The molecule has 0 bridgehead atoms. The zero-order chi connectivity index (χ0) is 17.2. The molecule has 1 aliphatic rings. The molecule has 3 aromatic rings. The number of carbonyl (C=O) groups excluding carboxylic acids is 1. The van der Waals surface area contributed by atoms with Crippen LogP contribution < -0.4 is 0 Å². The number of hydrogen-bond donors (Lipinski definition) is 0. The highest BCUT2D eigenvalue weighted by Crippen LogP contribution is 2.28. The van der Waals surface area contributed by atoms with Gasteiger partial charge >= 0.3 is 0 Å². The fraction of sp³-hybridized carbons (Fsp3) is 0.412. The largest absolute Gasteiger partial charge is 0.337 e. The number of likely N-dealkylation sites (tertiary alicyclic amines) is 1. The van der Waals surface area contributed by atoms with E-state index in [0.717, 1.165) is 49.0 Å². The molecule has 3 aromatic heterocycles. The molecular formula is C17H19N5OS2. The first-order valence-electron chi connectivity index (χ1n) is 8.30. The van der Waals surface area contributed by atoms with E-state index in [1.807, 2.05) is 35.1 Å². The van der Waals surface area contributed by atoms with Crippen molar-refractivity contribution in [2.75, 3.05) is 13.1 Å². The summed E-state index contributed by atoms with van der Waals surface area (Å²) < 4.78 is 2.18. The average molecular weight is 374 g/mol. The van der Waals surface area contributed by atoms with Crippen molar-refractivity contribution in [1.82, 2.24) is 24.4 Å². The Morgan fingerprint density at radius 3 is 2.80 bits per heavy atom. The van der Waals surface area contributed by atoms with Crippen molar-refractivity contribution in [3.05, 3.63) is 50.9 Å². The lowest BCUT2D eigenvalue weighted by Gasteiger charge is -2.31. The first-order chi connectivity index (χ1) is 12.2. The van der Waals surface area contributed by atoms with Gasteiger partial charge in [0, 0.05) is 42.2 Å². The predicted molar refractivity (Wildman–Crippen MR) is 98.2 cm³/mol. The monoisotopic (exact) mass is 373 g/mol. The Morgan fingerprint density at radius 2 is 2.12 bits per heavy atom. The van der Waals surface area contributed by atoms with Crippen molar-refractivity contribution in [3.8, 4) is 0 Å². The van der Waals surface area contributed by atoms with Gasteiger partial charge in [0.15, 0.2) is 0 Å². The minimum absolute atomic E-state index is 0.0496. The van der Waals surface area contributed by atoms with Crippen LogP contribution >= 0.6 is 22.7 Å². The first kappa shape index (κ1) is 16.4. The summed E-state index contributed by atoms with van der Waals surface area (Å²) in [7, 11) is 0. The Bertz CT molecular complexity index is 846. The first-order valence-corrected chi connectivity index (χ1v) is 10.1. The molecule has 1 aliphatic heterocycles. The molecule has 0 radical (unpaired) electrons. The van der Waals surface area contributed by atoms with Gasteiger partial charge in [0.1, 0.15) is 11.5 Å². The number of amides is 1. The van der Waals surface area contributed by atoms with Crippen LogP contribution in [0, 0.1) is 6.92 Å². The van der Waals surface area contributed by atoms with Gasteiger partial charge in [0.2, 0.25) is 0 Å². The third-order valence-corrected chi connectivity index (χ3v) is 5.96. The van der Waals surface area contributed by atoms with Crippen LogP contribution in [0.15, 0.2) is 28.7 Å². The van der Waals surface area contributed by atoms with E-state index in [1.54, 1.807) is 11.3 Å². The SMILES string of the molecule is Cc1nc(C(=O)N2CCC(c3nccn3Cc3cscn3)CC2)cs1. The van der Waals surface area contributed by atoms with Crippen LogP contribution in [0.4, 0.5) is 0 Å². The van der Waals surface area contributed by atoms with Gasteiger partial charge in [-0.15, -0.1) is 22.7 Å². The van der Waals surface area contributed by atoms with Crippen LogP contribution in [0.25, 0.3) is 0 Å². The number of hydrogen-bond acceptors (Lipinski definition) is 6. The Balaban J connectivity index is 1.41. The topological polar surface area (TPSA) is 63.9 Å². The van der Waals surface area contributed by atoms with E-state index < -0.39 is 0 Å². The molecular weight excluding hydrogens is 354 g/mol. The van der Waals surface area contributed by atoms with Crippen LogP contribution in [0.2, 0.25) is 0 Å². The van der Waals surface area contributed by atoms with E-state index in [1.165, 1.54) is 11.3 Å². The fourth-order valence-corrected chi connectivity index (χ4v) is 4.41. The van der Waals surface area contributed by atoms with Gasteiger partial charge in [-0.25, -0.2) is 15.0 Å². The van der Waals surface area contributed by atoms with Gasteiger partial charge in [0.25, 0.3) is 5.91 Å². The van der Waals surface area contributed by atoms with E-state index in [-0.39, 0.29) is 5.91 Å². The summed E-state index contributed by atoms with van der Waals surface area (Å²) >= 11 is 3.13. The van der Waals surface area contributed by atoms with Gasteiger partial charge in [-0.05, 0) is 19.8 Å². The van der Waals surface area contributed by atoms with E-state index in [9.17, 15) is 4.79 Å². The molecule has 0 spiro atoms. The molecule has 4 rings (SSSR count). The number of carbonyl (C=O) groups is 1. The number of aromatic nitrogens is 4. The lowest BCUT2D eigenvalue weighted by Crippen LogP contribution is -2.38. The Labute approximate surface area is 154 Å². The maximum atomic E-state index is 12.5. The molecule has 0 atom stereocenters. The second-order valence-electron chi connectivity index (χ2n) is 6.21. The average Bonchev–Trinajstić information content (AvgIpc) is 3.37. The van der Waals surface area contributed by atoms with Crippen LogP contribution in [0.5, 0.6) is 0 Å². The van der Waals surface area contributed by atoms with Crippen molar-refractivity contribution in [2.24, 2.45) is 0 Å². The molecule has 1 amide bonds. The minimum Gasteiger partial charge on any atom is -0.337 e. The van der Waals surface area contributed by atoms with Crippen molar-refractivity contribution in [1.29, 1.82) is 0 Å². The van der Waals surface area contributed by atoms with Gasteiger partial charge in [-0.1, -0.05) is 0 Å². The van der Waals surface area contributed by atoms with E-state index in [2.05, 4.69) is 24.9 Å². The maximum Gasteiger partial charge on any atom is 0.273 e. The highest BCUT2D eigenvalue weighted by atomic mass is 32.1. The zero-order valence-electron chi connectivity index (χ0n) is 14.0. The molecule has 130 valence electrons. The van der Waals surface area contributed by atoms with E-state index in [0.29, 0.717) is 11.6 Å². The summed E-state index contributed by atoms with van der Waals surface area (Å²) in [6.07, 6.45) is 5.74. The summed E-state index contributed by atoms with van der Waals surface area (Å²) in [5.74, 6) is 1.54. The fourth-order valence-electron chi connectivity index (χ4n) is 3.27. The third kappa shape index (κ3) is 3.50. The van der Waals surface area contributed by atoms with E-state index >= 15 is 0 Å². The quantitative estimate of drug-likeness (QED) is 0.705. The molecule has 8 heteroatoms. The molecule has 4 heterocycles. The van der Waals surface area contributed by atoms with E-state index in [4.69, 9.17) is 0 Å². The molecule has 1 fully saturated rings. The van der Waals surface area contributed by atoms with Crippen LogP contribution in [-0.2, 0) is 6.54 Å². The molecule has 0 saturated carbocycles. The van der Waals surface area contributed by atoms with Gasteiger partial charge in [-0.2, -0.15) is 0 Å². The van der Waals surface area contributed by atoms with Crippen LogP contribution in [0.3, 0.4) is 0 Å². The number of thiazole rings is 2. The lowest BCUT2D eigenvalue weighted by molar-refractivity contribution is 0.0705. The second-order valence-corrected chi connectivity index (χ2v) is 7.99. The van der Waals surface area contributed by atoms with Gasteiger partial charge in [-0.3, -0.25) is 4.79 Å².